The van der Waals surface area contributed by atoms with Crippen LogP contribution < -0.4 is 0 Å². The molecule has 11 heavy (non-hydrogen) atoms. The Morgan fingerprint density at radius 2 is 1.82 bits per heavy atom. The van der Waals surface area contributed by atoms with E-state index < -0.39 is 11.3 Å². The first-order chi connectivity index (χ1) is 4.95. The Labute approximate surface area is 65.8 Å². The van der Waals surface area contributed by atoms with Crippen molar-refractivity contribution in [1.29, 1.82) is 0 Å². The second-order valence-corrected chi connectivity index (χ2v) is 3.16. The summed E-state index contributed by atoms with van der Waals surface area (Å²) in [7, 11) is 0. The molecule has 62 valence electrons. The van der Waals surface area contributed by atoms with E-state index in [0.29, 0.717) is 12.6 Å². The van der Waals surface area contributed by atoms with E-state index in [1.165, 1.54) is 6.92 Å². The molecule has 0 spiro atoms. The minimum absolute atomic E-state index is 0.267. The third kappa shape index (κ3) is 2.26. The lowest BCUT2D eigenvalue weighted by Gasteiger charge is -2.21. The Morgan fingerprint density at radius 1 is 1.36 bits per heavy atom. The highest BCUT2D eigenvalue weighted by Gasteiger charge is 2.32. The van der Waals surface area contributed by atoms with E-state index in [-0.39, 0.29) is 5.78 Å². The highest BCUT2D eigenvalue weighted by molar-refractivity contribution is 5.95. The Balaban J connectivity index is 4.62. The van der Waals surface area contributed by atoms with E-state index in [1.807, 2.05) is 0 Å². The maximum absolute atomic E-state index is 10.8. The Kier molecular flexibility index (Phi) is 3.11. The van der Waals surface area contributed by atoms with Crippen LogP contribution >= 0.6 is 0 Å². The molecule has 0 heterocycles. The zero-order valence-corrected chi connectivity index (χ0v) is 6.96. The fourth-order valence-corrected chi connectivity index (χ4v) is 0.868. The number of ketones is 1. The van der Waals surface area contributed by atoms with Gasteiger partial charge in [0, 0.05) is 5.41 Å². The van der Waals surface area contributed by atoms with Gasteiger partial charge in [-0.25, -0.2) is 0 Å². The van der Waals surface area contributed by atoms with Gasteiger partial charge in [-0.1, -0.05) is 13.8 Å². The van der Waals surface area contributed by atoms with Gasteiger partial charge in [-0.2, -0.15) is 0 Å². The first-order valence-corrected chi connectivity index (χ1v) is 3.37. The number of aldehydes is 2. The molecule has 0 aromatic carbocycles. The van der Waals surface area contributed by atoms with Gasteiger partial charge in [0.15, 0.2) is 0 Å². The molecule has 0 N–H and O–H groups in total. The third-order valence-electron chi connectivity index (χ3n) is 1.68. The molecule has 0 aliphatic heterocycles. The maximum atomic E-state index is 10.8. The molecular weight excluding hydrogens is 144 g/mol. The number of carbonyl (C=O) groups excluding carboxylic acids is 3. The van der Waals surface area contributed by atoms with E-state index in [4.69, 9.17) is 0 Å². The average Bonchev–Trinajstić information content (AvgIpc) is 1.88. The fraction of sp³-hybridized carbons (Fsp3) is 0.625. The Morgan fingerprint density at radius 3 is 1.91 bits per heavy atom. The van der Waals surface area contributed by atoms with Crippen molar-refractivity contribution in [2.45, 2.75) is 20.8 Å². The zero-order chi connectivity index (χ0) is 9.07. The van der Waals surface area contributed by atoms with Crippen LogP contribution in [0.15, 0.2) is 0 Å². The van der Waals surface area contributed by atoms with Crippen molar-refractivity contribution in [1.82, 2.24) is 0 Å². The van der Waals surface area contributed by atoms with Gasteiger partial charge < -0.3 is 9.59 Å². The van der Waals surface area contributed by atoms with Gasteiger partial charge in [0.05, 0.1) is 5.92 Å². The monoisotopic (exact) mass is 156 g/mol. The van der Waals surface area contributed by atoms with E-state index >= 15 is 0 Å². The quantitative estimate of drug-likeness (QED) is 0.442. The molecule has 3 heteroatoms. The summed E-state index contributed by atoms with van der Waals surface area (Å²) in [6, 6.07) is 0. The molecule has 0 aromatic rings. The Bertz CT molecular complexity index is 182. The molecule has 0 saturated heterocycles. The number of carbonyl (C=O) groups is 3. The van der Waals surface area contributed by atoms with Crippen LogP contribution in [0.4, 0.5) is 0 Å². The molecule has 0 bridgehead atoms. The van der Waals surface area contributed by atoms with E-state index in [9.17, 15) is 14.4 Å². The van der Waals surface area contributed by atoms with Crippen molar-refractivity contribution in [3.05, 3.63) is 0 Å². The second-order valence-electron chi connectivity index (χ2n) is 3.16. The van der Waals surface area contributed by atoms with Crippen molar-refractivity contribution in [2.24, 2.45) is 11.3 Å². The van der Waals surface area contributed by atoms with Crippen molar-refractivity contribution >= 4 is 18.4 Å². The molecular formula is C8H12O3. The Hall–Kier alpha value is -0.990. The standard InChI is InChI=1S/C8H12O3/c1-6(11)7(4-9)8(2,3)5-10/h4-5,7H,1-3H3. The van der Waals surface area contributed by atoms with Crippen LogP contribution in [0.1, 0.15) is 20.8 Å². The lowest BCUT2D eigenvalue weighted by molar-refractivity contribution is -0.134. The molecule has 0 aliphatic rings. The summed E-state index contributed by atoms with van der Waals surface area (Å²) in [6.07, 6.45) is 1.16. The first kappa shape index (κ1) is 10.0. The van der Waals surface area contributed by atoms with Crippen molar-refractivity contribution < 1.29 is 14.4 Å². The first-order valence-electron chi connectivity index (χ1n) is 3.37. The predicted molar refractivity (Wildman–Crippen MR) is 40.1 cm³/mol. The summed E-state index contributed by atoms with van der Waals surface area (Å²) in [4.78, 5) is 31.6. The third-order valence-corrected chi connectivity index (χ3v) is 1.68. The SMILES string of the molecule is CC(=O)C(C=O)C(C)(C)C=O. The number of hydrogen-bond acceptors (Lipinski definition) is 3. The van der Waals surface area contributed by atoms with Crippen molar-refractivity contribution in [2.75, 3.05) is 0 Å². The lowest BCUT2D eigenvalue weighted by Crippen LogP contribution is -2.32. The predicted octanol–water partition coefficient (Wildman–Crippen LogP) is 0.616. The van der Waals surface area contributed by atoms with Crippen molar-refractivity contribution in [3.8, 4) is 0 Å². The number of Topliss-reactive ketones (excluding diaryl/α,β-unsaturated/α-hetero) is 1. The summed E-state index contributed by atoms with van der Waals surface area (Å²) < 4.78 is 0. The van der Waals surface area contributed by atoms with Gasteiger partial charge in [-0.3, -0.25) is 4.79 Å². The summed E-state index contributed by atoms with van der Waals surface area (Å²) in [6.45, 7) is 4.45. The molecule has 0 radical (unpaired) electrons. The fourth-order valence-electron chi connectivity index (χ4n) is 0.868. The van der Waals surface area contributed by atoms with Gasteiger partial charge in [0.2, 0.25) is 0 Å². The molecule has 3 nitrogen and oxygen atoms in total. The second kappa shape index (κ2) is 3.42. The maximum Gasteiger partial charge on any atom is 0.140 e. The normalized spacial score (nSPS) is 13.7. The summed E-state index contributed by atoms with van der Waals surface area (Å²) in [5.41, 5.74) is -0.867. The molecule has 0 aromatic heterocycles. The van der Waals surface area contributed by atoms with Crippen LogP contribution in [0.2, 0.25) is 0 Å². The summed E-state index contributed by atoms with van der Waals surface area (Å²) in [5, 5.41) is 0. The van der Waals surface area contributed by atoms with Gasteiger partial charge in [-0.05, 0) is 6.92 Å². The van der Waals surface area contributed by atoms with Crippen LogP contribution in [0.5, 0.6) is 0 Å². The van der Waals surface area contributed by atoms with Gasteiger partial charge in [0.1, 0.15) is 18.4 Å². The number of hydrogen-bond donors (Lipinski definition) is 0. The summed E-state index contributed by atoms with van der Waals surface area (Å²) in [5.74, 6) is -1.07. The van der Waals surface area contributed by atoms with Crippen LogP contribution in [0.25, 0.3) is 0 Å². The average molecular weight is 156 g/mol. The summed E-state index contributed by atoms with van der Waals surface area (Å²) >= 11 is 0. The van der Waals surface area contributed by atoms with E-state index in [2.05, 4.69) is 0 Å². The smallest absolute Gasteiger partial charge is 0.140 e. The minimum Gasteiger partial charge on any atom is -0.303 e. The van der Waals surface area contributed by atoms with Gasteiger partial charge >= 0.3 is 0 Å². The van der Waals surface area contributed by atoms with Gasteiger partial charge in [-0.15, -0.1) is 0 Å². The molecule has 0 saturated carbocycles. The van der Waals surface area contributed by atoms with Crippen LogP contribution in [0.3, 0.4) is 0 Å². The van der Waals surface area contributed by atoms with Crippen molar-refractivity contribution in [3.63, 3.8) is 0 Å². The largest absolute Gasteiger partial charge is 0.303 e. The molecule has 0 fully saturated rings. The van der Waals surface area contributed by atoms with E-state index in [0.717, 1.165) is 0 Å². The molecule has 1 atom stereocenters. The van der Waals surface area contributed by atoms with E-state index in [1.54, 1.807) is 13.8 Å². The lowest BCUT2D eigenvalue weighted by atomic mass is 9.79. The van der Waals surface area contributed by atoms with Crippen LogP contribution in [-0.4, -0.2) is 18.4 Å². The number of rotatable bonds is 4. The zero-order valence-electron chi connectivity index (χ0n) is 6.96. The molecule has 0 rings (SSSR count). The molecule has 0 aliphatic carbocycles. The topological polar surface area (TPSA) is 51.2 Å². The molecule has 0 amide bonds. The van der Waals surface area contributed by atoms with Crippen LogP contribution in [-0.2, 0) is 14.4 Å². The highest BCUT2D eigenvalue weighted by Crippen LogP contribution is 2.22. The highest BCUT2D eigenvalue weighted by atomic mass is 16.1. The van der Waals surface area contributed by atoms with Gasteiger partial charge in [0.25, 0.3) is 0 Å². The van der Waals surface area contributed by atoms with Crippen LogP contribution in [0, 0.1) is 11.3 Å². The molecule has 1 unspecified atom stereocenters. The minimum atomic E-state index is -0.867.